The van der Waals surface area contributed by atoms with Gasteiger partial charge in [-0.1, -0.05) is 72.5 Å². The number of carbonyl (C=O) groups is 1. The summed E-state index contributed by atoms with van der Waals surface area (Å²) >= 11 is 6.74. The second-order valence-electron chi connectivity index (χ2n) is 10.5. The summed E-state index contributed by atoms with van der Waals surface area (Å²) in [5, 5.41) is 4.80. The van der Waals surface area contributed by atoms with Crippen molar-refractivity contribution in [3.05, 3.63) is 118 Å². The Kier molecular flexibility index (Phi) is 7.95. The molecule has 0 spiro atoms. The summed E-state index contributed by atoms with van der Waals surface area (Å²) in [5.41, 5.74) is 3.45. The van der Waals surface area contributed by atoms with Crippen LogP contribution in [-0.2, 0) is 21.9 Å². The molecule has 0 radical (unpaired) electrons. The molecule has 0 bridgehead atoms. The van der Waals surface area contributed by atoms with Gasteiger partial charge in [-0.15, -0.1) is 0 Å². The second-order valence-corrected chi connectivity index (χ2v) is 14.3. The number of para-hydroxylation sites is 2. The number of benzene rings is 3. The van der Waals surface area contributed by atoms with E-state index in [0.717, 1.165) is 21.8 Å². The molecule has 0 atom stereocenters. The Balaban J connectivity index is 1.46. The lowest BCUT2D eigenvalue weighted by Gasteiger charge is -2.12. The normalized spacial score (nSPS) is 14.7. The van der Waals surface area contributed by atoms with Crippen LogP contribution in [0.3, 0.4) is 0 Å². The van der Waals surface area contributed by atoms with Crippen LogP contribution in [-0.4, -0.2) is 56.2 Å². The molecule has 3 heterocycles. The van der Waals surface area contributed by atoms with Crippen molar-refractivity contribution in [3.8, 4) is 22.6 Å². The van der Waals surface area contributed by atoms with E-state index in [4.69, 9.17) is 17.3 Å². The average molecular weight is 657 g/mol. The zero-order valence-electron chi connectivity index (χ0n) is 24.8. The smallest absolute Gasteiger partial charge is 0.283 e. The van der Waals surface area contributed by atoms with Crippen LogP contribution in [0.2, 0.25) is 0 Å². The standard InChI is InChI=1S/C32H28N6O4S3/c1-21-29(31(40)38(35(21)4)25-15-9-6-10-16-25)37-30(39)27(44-32(37)43)19-23-20-36(24-13-7-5-8-14-24)33-28(23)22-12-11-17-26(18-22)45(41,42)34(2)3/h5-20H,1-4H3/b27-19-. The largest absolute Gasteiger partial charge is 0.296 e. The van der Waals surface area contributed by atoms with Crippen LogP contribution in [0.1, 0.15) is 11.3 Å². The summed E-state index contributed by atoms with van der Waals surface area (Å²) < 4.78 is 32.1. The first-order chi connectivity index (χ1) is 21.5. The first kappa shape index (κ1) is 30.5. The van der Waals surface area contributed by atoms with Gasteiger partial charge in [0.05, 0.1) is 26.9 Å². The highest BCUT2D eigenvalue weighted by atomic mass is 32.2. The van der Waals surface area contributed by atoms with Crippen molar-refractivity contribution >= 4 is 56.0 Å². The summed E-state index contributed by atoms with van der Waals surface area (Å²) in [5.74, 6) is -0.432. The fourth-order valence-corrected chi connectivity index (χ4v) is 7.27. The minimum Gasteiger partial charge on any atom is -0.283 e. The predicted molar refractivity (Wildman–Crippen MR) is 181 cm³/mol. The average Bonchev–Trinajstić information content (AvgIpc) is 3.65. The summed E-state index contributed by atoms with van der Waals surface area (Å²) in [7, 11) is 1.01. The van der Waals surface area contributed by atoms with Crippen LogP contribution in [0.5, 0.6) is 0 Å². The van der Waals surface area contributed by atoms with E-state index in [2.05, 4.69) is 0 Å². The Labute approximate surface area is 269 Å². The van der Waals surface area contributed by atoms with Crippen LogP contribution in [0.15, 0.2) is 106 Å². The molecular formula is C32H28N6O4S3. The van der Waals surface area contributed by atoms with Gasteiger partial charge in [0.25, 0.3) is 11.5 Å². The highest BCUT2D eigenvalue weighted by Crippen LogP contribution is 2.38. The van der Waals surface area contributed by atoms with E-state index in [1.54, 1.807) is 53.8 Å². The molecule has 10 nitrogen and oxygen atoms in total. The number of rotatable bonds is 7. The van der Waals surface area contributed by atoms with Crippen LogP contribution < -0.4 is 10.5 Å². The molecule has 6 rings (SSSR count). The molecule has 228 valence electrons. The lowest BCUT2D eigenvalue weighted by Crippen LogP contribution is -2.33. The predicted octanol–water partition coefficient (Wildman–Crippen LogP) is 4.99. The maximum absolute atomic E-state index is 13.9. The molecule has 2 aromatic heterocycles. The molecule has 1 aliphatic heterocycles. The highest BCUT2D eigenvalue weighted by Gasteiger charge is 2.38. The Bertz CT molecular complexity index is 2170. The number of amides is 1. The van der Waals surface area contributed by atoms with E-state index in [-0.39, 0.29) is 20.5 Å². The molecule has 0 saturated carbocycles. The van der Waals surface area contributed by atoms with Gasteiger partial charge in [0.1, 0.15) is 11.4 Å². The lowest BCUT2D eigenvalue weighted by atomic mass is 10.1. The van der Waals surface area contributed by atoms with Gasteiger partial charge in [-0.25, -0.2) is 22.1 Å². The minimum atomic E-state index is -3.70. The molecule has 0 aliphatic carbocycles. The number of thiocarbonyl (C=S) groups is 1. The van der Waals surface area contributed by atoms with E-state index in [0.29, 0.717) is 33.1 Å². The van der Waals surface area contributed by atoms with Crippen LogP contribution in [0, 0.1) is 6.92 Å². The van der Waals surface area contributed by atoms with Gasteiger partial charge in [0.15, 0.2) is 4.32 Å². The van der Waals surface area contributed by atoms with Crippen molar-refractivity contribution in [1.29, 1.82) is 0 Å². The number of carbonyl (C=O) groups excluding carboxylic acids is 1. The van der Waals surface area contributed by atoms with Crippen LogP contribution in [0.4, 0.5) is 5.69 Å². The molecular weight excluding hydrogens is 629 g/mol. The number of thioether (sulfide) groups is 1. The summed E-state index contributed by atoms with van der Waals surface area (Å²) in [6.45, 7) is 1.77. The van der Waals surface area contributed by atoms with Crippen molar-refractivity contribution in [2.75, 3.05) is 19.0 Å². The number of hydrogen-bond acceptors (Lipinski definition) is 7. The van der Waals surface area contributed by atoms with Crippen molar-refractivity contribution in [1.82, 2.24) is 23.4 Å². The second kappa shape index (κ2) is 11.7. The lowest BCUT2D eigenvalue weighted by molar-refractivity contribution is -0.113. The molecule has 0 unspecified atom stereocenters. The van der Waals surface area contributed by atoms with Gasteiger partial charge < -0.3 is 0 Å². The fourth-order valence-electron chi connectivity index (χ4n) is 5.06. The molecule has 1 amide bonds. The zero-order chi connectivity index (χ0) is 32.0. The third-order valence-corrected chi connectivity index (χ3v) is 10.6. The number of nitrogens with zero attached hydrogens (tertiary/aromatic N) is 6. The van der Waals surface area contributed by atoms with Crippen molar-refractivity contribution in [2.45, 2.75) is 11.8 Å². The van der Waals surface area contributed by atoms with Gasteiger partial charge in [-0.2, -0.15) is 5.10 Å². The Morgan fingerprint density at radius 3 is 2.20 bits per heavy atom. The Hall–Kier alpha value is -4.56. The minimum absolute atomic E-state index is 0.116. The SMILES string of the molecule is Cc1c(N2C(=O)/C(=C/c3cn(-c4ccccc4)nc3-c3cccc(S(=O)(=O)N(C)C)c3)SC2=S)c(=O)n(-c2ccccc2)n1C. The van der Waals surface area contributed by atoms with Crippen LogP contribution >= 0.6 is 24.0 Å². The number of hydrogen-bond donors (Lipinski definition) is 0. The molecule has 1 aliphatic rings. The maximum atomic E-state index is 13.9. The van der Waals surface area contributed by atoms with E-state index >= 15 is 0 Å². The van der Waals surface area contributed by atoms with Gasteiger partial charge in [0.2, 0.25) is 10.0 Å². The number of aromatic nitrogens is 4. The Morgan fingerprint density at radius 2 is 1.56 bits per heavy atom. The Morgan fingerprint density at radius 1 is 0.911 bits per heavy atom. The zero-order valence-corrected chi connectivity index (χ0v) is 27.2. The first-order valence-corrected chi connectivity index (χ1v) is 16.5. The third-order valence-electron chi connectivity index (χ3n) is 7.48. The highest BCUT2D eigenvalue weighted by molar-refractivity contribution is 8.27. The van der Waals surface area contributed by atoms with Gasteiger partial charge >= 0.3 is 0 Å². The summed E-state index contributed by atoms with van der Waals surface area (Å²) in [4.78, 5) is 29.4. The topological polar surface area (TPSA) is 102 Å². The quantitative estimate of drug-likeness (QED) is 0.180. The summed E-state index contributed by atoms with van der Waals surface area (Å²) in [6.07, 6.45) is 3.46. The number of sulfonamides is 1. The number of anilines is 1. The molecule has 5 aromatic rings. The molecule has 45 heavy (non-hydrogen) atoms. The van der Waals surface area contributed by atoms with Gasteiger partial charge in [-0.05, 0) is 49.4 Å². The van der Waals surface area contributed by atoms with E-state index < -0.39 is 15.9 Å². The van der Waals surface area contributed by atoms with E-state index in [1.807, 2.05) is 60.7 Å². The maximum Gasteiger partial charge on any atom is 0.296 e. The molecule has 3 aromatic carbocycles. The van der Waals surface area contributed by atoms with Crippen molar-refractivity contribution in [2.24, 2.45) is 7.05 Å². The third kappa shape index (κ3) is 5.37. The van der Waals surface area contributed by atoms with Crippen molar-refractivity contribution < 1.29 is 13.2 Å². The fraction of sp³-hybridized carbons (Fsp3) is 0.125. The van der Waals surface area contributed by atoms with E-state index in [1.165, 1.54) is 29.7 Å². The van der Waals surface area contributed by atoms with E-state index in [9.17, 15) is 18.0 Å². The van der Waals surface area contributed by atoms with Crippen molar-refractivity contribution in [3.63, 3.8) is 0 Å². The molecule has 13 heteroatoms. The molecule has 0 N–H and O–H groups in total. The van der Waals surface area contributed by atoms with Gasteiger partial charge in [0, 0.05) is 38.5 Å². The monoisotopic (exact) mass is 656 g/mol. The first-order valence-electron chi connectivity index (χ1n) is 13.8. The molecule has 1 fully saturated rings. The van der Waals surface area contributed by atoms with Crippen LogP contribution in [0.25, 0.3) is 28.7 Å². The summed E-state index contributed by atoms with van der Waals surface area (Å²) in [6, 6.07) is 25.2. The molecule has 1 saturated heterocycles. The van der Waals surface area contributed by atoms with Gasteiger partial charge in [-0.3, -0.25) is 19.2 Å².